The molecule has 0 aliphatic carbocycles. The Hall–Kier alpha value is -2.37. The molecular weight excluding hydrogens is 263 g/mol. The van der Waals surface area contributed by atoms with Crippen molar-refractivity contribution >= 4 is 12.0 Å². The fourth-order valence-corrected chi connectivity index (χ4v) is 2.17. The van der Waals surface area contributed by atoms with Gasteiger partial charge in [-0.1, -0.05) is 18.7 Å². The second-order valence-electron chi connectivity index (χ2n) is 4.39. The molecule has 0 aromatic heterocycles. The van der Waals surface area contributed by atoms with E-state index in [1.165, 1.54) is 18.2 Å². The summed E-state index contributed by atoms with van der Waals surface area (Å²) < 4.78 is 18.3. The molecule has 2 amide bonds. The van der Waals surface area contributed by atoms with E-state index in [1.807, 2.05) is 0 Å². The van der Waals surface area contributed by atoms with E-state index in [-0.39, 0.29) is 12.3 Å². The van der Waals surface area contributed by atoms with Crippen LogP contribution in [-0.4, -0.2) is 18.6 Å². The molecule has 5 nitrogen and oxygen atoms in total. The zero-order valence-corrected chi connectivity index (χ0v) is 11.0. The lowest BCUT2D eigenvalue weighted by atomic mass is 9.89. The van der Waals surface area contributed by atoms with Crippen LogP contribution >= 0.6 is 0 Å². The molecule has 1 aromatic rings. The molecule has 2 unspecified atom stereocenters. The molecule has 1 aliphatic heterocycles. The monoisotopic (exact) mass is 278 g/mol. The van der Waals surface area contributed by atoms with Gasteiger partial charge in [0.2, 0.25) is 0 Å². The van der Waals surface area contributed by atoms with Gasteiger partial charge in [0.25, 0.3) is 0 Å². The van der Waals surface area contributed by atoms with Crippen molar-refractivity contribution in [2.45, 2.75) is 13.0 Å². The molecule has 1 heterocycles. The van der Waals surface area contributed by atoms with Crippen LogP contribution in [0.2, 0.25) is 0 Å². The van der Waals surface area contributed by atoms with Crippen LogP contribution in [0.1, 0.15) is 18.5 Å². The van der Waals surface area contributed by atoms with Crippen molar-refractivity contribution in [2.24, 2.45) is 5.92 Å². The Morgan fingerprint density at radius 3 is 2.90 bits per heavy atom. The molecule has 1 fully saturated rings. The van der Waals surface area contributed by atoms with Gasteiger partial charge in [-0.25, -0.2) is 9.18 Å². The topological polar surface area (TPSA) is 67.4 Å². The maximum atomic E-state index is 13.3. The summed E-state index contributed by atoms with van der Waals surface area (Å²) in [5, 5.41) is 5.05. The van der Waals surface area contributed by atoms with Crippen LogP contribution in [0.25, 0.3) is 0 Å². The zero-order chi connectivity index (χ0) is 14.7. The lowest BCUT2D eigenvalue weighted by Crippen LogP contribution is -2.51. The number of hydrogen-bond acceptors (Lipinski definition) is 3. The summed E-state index contributed by atoms with van der Waals surface area (Å²) in [6.45, 7) is 5.58. The number of esters is 1. The first kappa shape index (κ1) is 14.0. The predicted molar refractivity (Wildman–Crippen MR) is 70.1 cm³/mol. The van der Waals surface area contributed by atoms with Gasteiger partial charge < -0.3 is 15.4 Å². The minimum Gasteiger partial charge on any atom is -0.465 e. The minimum absolute atomic E-state index is 0.215. The van der Waals surface area contributed by atoms with Gasteiger partial charge in [-0.2, -0.15) is 0 Å². The highest BCUT2D eigenvalue weighted by atomic mass is 19.1. The quantitative estimate of drug-likeness (QED) is 0.829. The lowest BCUT2D eigenvalue weighted by Gasteiger charge is -2.33. The van der Waals surface area contributed by atoms with Gasteiger partial charge in [0.1, 0.15) is 11.7 Å². The number of nitrogens with one attached hydrogen (secondary N) is 2. The van der Waals surface area contributed by atoms with Gasteiger partial charge in [0, 0.05) is 5.70 Å². The number of carbonyl (C=O) groups is 2. The van der Waals surface area contributed by atoms with Gasteiger partial charge in [-0.05, 0) is 24.6 Å². The minimum atomic E-state index is -0.797. The highest BCUT2D eigenvalue weighted by Crippen LogP contribution is 2.30. The summed E-state index contributed by atoms with van der Waals surface area (Å²) >= 11 is 0. The molecule has 6 heteroatoms. The third-order valence-corrected chi connectivity index (χ3v) is 3.02. The molecule has 1 aromatic carbocycles. The van der Waals surface area contributed by atoms with E-state index in [0.29, 0.717) is 5.56 Å². The fourth-order valence-electron chi connectivity index (χ4n) is 2.17. The Morgan fingerprint density at radius 2 is 2.25 bits per heavy atom. The second-order valence-corrected chi connectivity index (χ2v) is 4.39. The maximum Gasteiger partial charge on any atom is 0.319 e. The van der Waals surface area contributed by atoms with Crippen LogP contribution in [0.3, 0.4) is 0 Å². The second kappa shape index (κ2) is 5.73. The zero-order valence-electron chi connectivity index (χ0n) is 11.0. The molecular formula is C14H15FN2O3. The number of amides is 2. The van der Waals surface area contributed by atoms with Gasteiger partial charge in [-0.3, -0.25) is 4.79 Å². The van der Waals surface area contributed by atoms with Gasteiger partial charge in [-0.15, -0.1) is 0 Å². The third kappa shape index (κ3) is 2.79. The Kier molecular flexibility index (Phi) is 4.02. The first-order valence-electron chi connectivity index (χ1n) is 6.21. The van der Waals surface area contributed by atoms with Crippen molar-refractivity contribution in [3.8, 4) is 0 Å². The van der Waals surface area contributed by atoms with E-state index >= 15 is 0 Å². The number of ether oxygens (including phenoxy) is 1. The molecule has 2 N–H and O–H groups in total. The van der Waals surface area contributed by atoms with Crippen LogP contribution in [0.5, 0.6) is 0 Å². The first-order chi connectivity index (χ1) is 9.52. The number of hydrogen-bond donors (Lipinski definition) is 2. The Morgan fingerprint density at radius 1 is 1.50 bits per heavy atom. The molecule has 1 saturated heterocycles. The molecule has 2 rings (SSSR count). The van der Waals surface area contributed by atoms with Gasteiger partial charge in [0.15, 0.2) is 0 Å². The lowest BCUT2D eigenvalue weighted by molar-refractivity contribution is -0.147. The summed E-state index contributed by atoms with van der Waals surface area (Å²) in [5.41, 5.74) is 0.723. The van der Waals surface area contributed by atoms with E-state index in [0.717, 1.165) is 0 Å². The SMILES string of the molecule is C=C1NC(=O)NC(c2cccc(F)c2)C1C(=O)OCC. The van der Waals surface area contributed by atoms with E-state index < -0.39 is 29.8 Å². The number of benzene rings is 1. The molecule has 1 aliphatic rings. The van der Waals surface area contributed by atoms with Crippen molar-refractivity contribution in [1.29, 1.82) is 0 Å². The van der Waals surface area contributed by atoms with E-state index in [4.69, 9.17) is 4.74 Å². The normalized spacial score (nSPS) is 21.9. The molecule has 0 saturated carbocycles. The molecule has 0 radical (unpaired) electrons. The molecule has 0 bridgehead atoms. The summed E-state index contributed by atoms with van der Waals surface area (Å²) in [6.07, 6.45) is 0. The van der Waals surface area contributed by atoms with E-state index in [9.17, 15) is 14.0 Å². The van der Waals surface area contributed by atoms with Crippen molar-refractivity contribution in [3.05, 3.63) is 47.9 Å². The van der Waals surface area contributed by atoms with Crippen LogP contribution in [0.4, 0.5) is 9.18 Å². The van der Waals surface area contributed by atoms with Crippen LogP contribution in [-0.2, 0) is 9.53 Å². The highest BCUT2D eigenvalue weighted by Gasteiger charge is 2.38. The van der Waals surface area contributed by atoms with E-state index in [1.54, 1.807) is 13.0 Å². The average Bonchev–Trinajstić information content (AvgIpc) is 2.37. The summed E-state index contributed by atoms with van der Waals surface area (Å²) in [6, 6.07) is 4.54. The summed E-state index contributed by atoms with van der Waals surface area (Å²) in [4.78, 5) is 23.6. The number of rotatable bonds is 3. The van der Waals surface area contributed by atoms with Crippen molar-refractivity contribution in [1.82, 2.24) is 10.6 Å². The van der Waals surface area contributed by atoms with Crippen molar-refractivity contribution in [3.63, 3.8) is 0 Å². The largest absolute Gasteiger partial charge is 0.465 e. The standard InChI is InChI=1S/C14H15FN2O3/c1-3-20-13(18)11-8(2)16-14(19)17-12(11)9-5-4-6-10(15)7-9/h4-7,11-12H,2-3H2,1H3,(H2,16,17,19). The maximum absolute atomic E-state index is 13.3. The molecule has 2 atom stereocenters. The number of urea groups is 1. The predicted octanol–water partition coefficient (Wildman–Crippen LogP) is 1.87. The highest BCUT2D eigenvalue weighted by molar-refractivity contribution is 5.85. The molecule has 20 heavy (non-hydrogen) atoms. The average molecular weight is 278 g/mol. The summed E-state index contributed by atoms with van der Waals surface area (Å²) in [7, 11) is 0. The fraction of sp³-hybridized carbons (Fsp3) is 0.286. The van der Waals surface area contributed by atoms with Crippen LogP contribution in [0.15, 0.2) is 36.5 Å². The summed E-state index contributed by atoms with van der Waals surface area (Å²) in [5.74, 6) is -1.75. The molecule has 106 valence electrons. The third-order valence-electron chi connectivity index (χ3n) is 3.02. The Labute approximate surface area is 115 Å². The van der Waals surface area contributed by atoms with Crippen LogP contribution < -0.4 is 10.6 Å². The number of halogens is 1. The smallest absolute Gasteiger partial charge is 0.319 e. The van der Waals surface area contributed by atoms with Gasteiger partial charge in [0.05, 0.1) is 12.6 Å². The Balaban J connectivity index is 2.36. The molecule has 0 spiro atoms. The Bertz CT molecular complexity index is 559. The van der Waals surface area contributed by atoms with Gasteiger partial charge >= 0.3 is 12.0 Å². The van der Waals surface area contributed by atoms with Crippen LogP contribution in [0, 0.1) is 11.7 Å². The van der Waals surface area contributed by atoms with Crippen molar-refractivity contribution in [2.75, 3.05) is 6.61 Å². The van der Waals surface area contributed by atoms with E-state index in [2.05, 4.69) is 17.2 Å². The van der Waals surface area contributed by atoms with Crippen molar-refractivity contribution < 1.29 is 18.7 Å². The first-order valence-corrected chi connectivity index (χ1v) is 6.21. The number of carbonyl (C=O) groups excluding carboxylic acids is 2.